The van der Waals surface area contributed by atoms with Gasteiger partial charge >= 0.3 is 0 Å². The van der Waals surface area contributed by atoms with Gasteiger partial charge in [-0.05, 0) is 36.2 Å². The molecule has 2 aromatic carbocycles. The van der Waals surface area contributed by atoms with E-state index < -0.39 is 0 Å². The molecule has 0 saturated carbocycles. The van der Waals surface area contributed by atoms with Crippen molar-refractivity contribution >= 4 is 34.2 Å². The summed E-state index contributed by atoms with van der Waals surface area (Å²) in [5, 5.41) is 3.22. The first-order valence-electron chi connectivity index (χ1n) is 7.98. The van der Waals surface area contributed by atoms with Crippen molar-refractivity contribution in [3.63, 3.8) is 0 Å². The van der Waals surface area contributed by atoms with Gasteiger partial charge in [-0.2, -0.15) is 0 Å². The lowest BCUT2D eigenvalue weighted by atomic mass is 10.2. The van der Waals surface area contributed by atoms with Crippen molar-refractivity contribution in [1.82, 2.24) is 9.97 Å². The lowest BCUT2D eigenvalue weighted by molar-refractivity contribution is 0.102. The van der Waals surface area contributed by atoms with E-state index in [0.717, 1.165) is 5.52 Å². The van der Waals surface area contributed by atoms with E-state index in [1.165, 1.54) is 6.20 Å². The van der Waals surface area contributed by atoms with Gasteiger partial charge in [-0.25, -0.2) is 4.98 Å². The lowest BCUT2D eigenvalue weighted by Gasteiger charge is -2.12. The number of benzene rings is 2. The molecule has 0 saturated heterocycles. The number of amides is 1. The van der Waals surface area contributed by atoms with E-state index in [2.05, 4.69) is 29.1 Å². The van der Waals surface area contributed by atoms with Gasteiger partial charge in [-0.1, -0.05) is 37.6 Å². The summed E-state index contributed by atoms with van der Waals surface area (Å²) in [6.07, 6.45) is 1.46. The van der Waals surface area contributed by atoms with E-state index in [1.54, 1.807) is 18.2 Å². The lowest BCUT2D eigenvalue weighted by Crippen LogP contribution is -2.14. The van der Waals surface area contributed by atoms with Gasteiger partial charge in [0.05, 0.1) is 28.9 Å². The predicted octanol–water partition coefficient (Wildman–Crippen LogP) is 4.57. The third-order valence-electron chi connectivity index (χ3n) is 3.44. The van der Waals surface area contributed by atoms with Crippen LogP contribution in [0.25, 0.3) is 11.0 Å². The number of carbonyl (C=O) groups excluding carboxylic acids is 1. The Hall–Kier alpha value is -2.66. The van der Waals surface area contributed by atoms with Crippen molar-refractivity contribution in [3.05, 3.63) is 59.4 Å². The van der Waals surface area contributed by atoms with Crippen LogP contribution in [0.3, 0.4) is 0 Å². The van der Waals surface area contributed by atoms with Crippen LogP contribution in [0.4, 0.5) is 5.69 Å². The standard InChI is InChI=1S/C19H18ClN3O2/c1-12(2)11-25-18-8-7-13(9-14(18)20)22-19(24)17-10-21-15-5-3-4-6-16(15)23-17/h3-10,12H,11H2,1-2H3,(H,22,24). The zero-order chi connectivity index (χ0) is 17.8. The Morgan fingerprint density at radius 3 is 2.68 bits per heavy atom. The number of para-hydroxylation sites is 2. The average Bonchev–Trinajstić information content (AvgIpc) is 2.60. The third kappa shape index (κ3) is 4.25. The van der Waals surface area contributed by atoms with E-state index in [9.17, 15) is 4.79 Å². The van der Waals surface area contributed by atoms with E-state index in [0.29, 0.717) is 34.5 Å². The van der Waals surface area contributed by atoms with Crippen LogP contribution < -0.4 is 10.1 Å². The number of rotatable bonds is 5. The first kappa shape index (κ1) is 17.2. The Labute approximate surface area is 151 Å². The molecule has 0 atom stereocenters. The zero-order valence-electron chi connectivity index (χ0n) is 14.0. The van der Waals surface area contributed by atoms with E-state index in [1.807, 2.05) is 24.3 Å². The van der Waals surface area contributed by atoms with Crippen molar-refractivity contribution in [3.8, 4) is 5.75 Å². The Bertz CT molecular complexity index is 912. The molecular weight excluding hydrogens is 338 g/mol. The van der Waals surface area contributed by atoms with Crippen LogP contribution in [-0.2, 0) is 0 Å². The normalized spacial score (nSPS) is 10.9. The number of ether oxygens (including phenoxy) is 1. The van der Waals surface area contributed by atoms with Crippen molar-refractivity contribution in [2.45, 2.75) is 13.8 Å². The van der Waals surface area contributed by atoms with Gasteiger partial charge in [0.2, 0.25) is 0 Å². The quantitative estimate of drug-likeness (QED) is 0.728. The topological polar surface area (TPSA) is 64.1 Å². The molecular formula is C19H18ClN3O2. The maximum absolute atomic E-state index is 12.4. The number of hydrogen-bond acceptors (Lipinski definition) is 4. The molecule has 0 radical (unpaired) electrons. The molecule has 0 unspecified atom stereocenters. The third-order valence-corrected chi connectivity index (χ3v) is 3.74. The van der Waals surface area contributed by atoms with Gasteiger partial charge in [0, 0.05) is 5.69 Å². The Kier molecular flexibility index (Phi) is 5.14. The van der Waals surface area contributed by atoms with Crippen molar-refractivity contribution in [1.29, 1.82) is 0 Å². The molecule has 1 heterocycles. The van der Waals surface area contributed by atoms with Crippen LogP contribution in [0.2, 0.25) is 5.02 Å². The van der Waals surface area contributed by atoms with E-state index in [-0.39, 0.29) is 11.6 Å². The minimum atomic E-state index is -0.342. The summed E-state index contributed by atoms with van der Waals surface area (Å²) in [7, 11) is 0. The fourth-order valence-corrected chi connectivity index (χ4v) is 2.45. The molecule has 1 N–H and O–H groups in total. The van der Waals surface area contributed by atoms with Gasteiger partial charge in [-0.3, -0.25) is 9.78 Å². The smallest absolute Gasteiger partial charge is 0.275 e. The number of fused-ring (bicyclic) bond motifs is 1. The van der Waals surface area contributed by atoms with Gasteiger partial charge in [-0.15, -0.1) is 0 Å². The minimum Gasteiger partial charge on any atom is -0.492 e. The van der Waals surface area contributed by atoms with E-state index in [4.69, 9.17) is 16.3 Å². The highest BCUT2D eigenvalue weighted by atomic mass is 35.5. The SMILES string of the molecule is CC(C)COc1ccc(NC(=O)c2cnc3ccccc3n2)cc1Cl. The molecule has 0 aliphatic rings. The van der Waals surface area contributed by atoms with Crippen LogP contribution in [0, 0.1) is 5.92 Å². The van der Waals surface area contributed by atoms with Crippen LogP contribution in [0.5, 0.6) is 5.75 Å². The minimum absolute atomic E-state index is 0.245. The number of nitrogens with one attached hydrogen (secondary N) is 1. The van der Waals surface area contributed by atoms with Gasteiger partial charge in [0.25, 0.3) is 5.91 Å². The highest BCUT2D eigenvalue weighted by Crippen LogP contribution is 2.28. The van der Waals surface area contributed by atoms with Crippen LogP contribution in [-0.4, -0.2) is 22.5 Å². The second kappa shape index (κ2) is 7.49. The monoisotopic (exact) mass is 355 g/mol. The van der Waals surface area contributed by atoms with Crippen molar-refractivity contribution in [2.24, 2.45) is 5.92 Å². The average molecular weight is 356 g/mol. The highest BCUT2D eigenvalue weighted by Gasteiger charge is 2.11. The van der Waals surface area contributed by atoms with Gasteiger partial charge in [0.1, 0.15) is 11.4 Å². The number of halogens is 1. The molecule has 3 rings (SSSR count). The molecule has 25 heavy (non-hydrogen) atoms. The summed E-state index contributed by atoms with van der Waals surface area (Å²) < 4.78 is 5.62. The molecule has 0 fully saturated rings. The summed E-state index contributed by atoms with van der Waals surface area (Å²) in [5.74, 6) is 0.658. The van der Waals surface area contributed by atoms with Crippen LogP contribution in [0.15, 0.2) is 48.7 Å². The van der Waals surface area contributed by atoms with Crippen molar-refractivity contribution < 1.29 is 9.53 Å². The molecule has 5 nitrogen and oxygen atoms in total. The fourth-order valence-electron chi connectivity index (χ4n) is 2.21. The Balaban J connectivity index is 1.74. The first-order chi connectivity index (χ1) is 12.0. The second-order valence-electron chi connectivity index (χ2n) is 6.05. The predicted molar refractivity (Wildman–Crippen MR) is 99.3 cm³/mol. The molecule has 3 aromatic rings. The molecule has 6 heteroatoms. The molecule has 0 spiro atoms. The van der Waals surface area contributed by atoms with Crippen LogP contribution in [0.1, 0.15) is 24.3 Å². The zero-order valence-corrected chi connectivity index (χ0v) is 14.7. The van der Waals surface area contributed by atoms with Gasteiger partial charge < -0.3 is 10.1 Å². The van der Waals surface area contributed by atoms with E-state index >= 15 is 0 Å². The summed E-state index contributed by atoms with van der Waals surface area (Å²) in [4.78, 5) is 21.0. The second-order valence-corrected chi connectivity index (χ2v) is 6.46. The molecule has 0 aliphatic heterocycles. The molecule has 0 bridgehead atoms. The summed E-state index contributed by atoms with van der Waals surface area (Å²) >= 11 is 6.22. The Morgan fingerprint density at radius 1 is 1.20 bits per heavy atom. The molecule has 0 aliphatic carbocycles. The summed E-state index contributed by atoms with van der Waals surface area (Å²) in [5.41, 5.74) is 2.23. The first-order valence-corrected chi connectivity index (χ1v) is 8.36. The van der Waals surface area contributed by atoms with Gasteiger partial charge in [0.15, 0.2) is 0 Å². The summed E-state index contributed by atoms with van der Waals surface area (Å²) in [6, 6.07) is 12.5. The van der Waals surface area contributed by atoms with Crippen LogP contribution >= 0.6 is 11.6 Å². The highest BCUT2D eigenvalue weighted by molar-refractivity contribution is 6.32. The largest absolute Gasteiger partial charge is 0.492 e. The maximum atomic E-state index is 12.4. The maximum Gasteiger partial charge on any atom is 0.275 e. The number of hydrogen-bond donors (Lipinski definition) is 1. The molecule has 1 aromatic heterocycles. The summed E-state index contributed by atoms with van der Waals surface area (Å²) in [6.45, 7) is 4.71. The number of anilines is 1. The van der Waals surface area contributed by atoms with Crippen molar-refractivity contribution in [2.75, 3.05) is 11.9 Å². The molecule has 1 amide bonds. The molecule has 128 valence electrons. The fraction of sp³-hybridized carbons (Fsp3) is 0.211. The number of aromatic nitrogens is 2. The number of carbonyl (C=O) groups is 1. The number of nitrogens with zero attached hydrogens (tertiary/aromatic N) is 2. The Morgan fingerprint density at radius 2 is 1.96 bits per heavy atom.